The van der Waals surface area contributed by atoms with Crippen molar-refractivity contribution in [3.05, 3.63) is 127 Å². The van der Waals surface area contributed by atoms with Gasteiger partial charge in [0.25, 0.3) is 0 Å². The Balaban J connectivity index is 0.000000180. The lowest BCUT2D eigenvalue weighted by Crippen LogP contribution is -2.47. The van der Waals surface area contributed by atoms with Crippen molar-refractivity contribution in [2.24, 2.45) is 5.73 Å². The molecule has 6 aliphatic rings. The fraction of sp³-hybridized carbons (Fsp3) is 0.448. The minimum absolute atomic E-state index is 0. The SMILES string of the molecule is C.CCC1OB(O)c2cc(OCCCN3CCN(c4cc5c(cc4F)c(=O)c(C(=O)O)cn5C4CC4)CC3)ccc21.NCC1OB(O)c2c(OCCCN3CCN(c4cc5c(cc4F)c(=O)c(C(=O)O)cn5C4CC4)CC3)cccc21. The van der Waals surface area contributed by atoms with Gasteiger partial charge in [0.2, 0.25) is 10.9 Å². The zero-order valence-corrected chi connectivity index (χ0v) is 44.6. The van der Waals surface area contributed by atoms with Gasteiger partial charge in [-0.05, 0) is 104 Å². The molecule has 2 saturated heterocycles. The lowest BCUT2D eigenvalue weighted by molar-refractivity contribution is 0.0684. The summed E-state index contributed by atoms with van der Waals surface area (Å²) in [7, 11) is -1.95. The molecule has 2 unspecified atom stereocenters. The van der Waals surface area contributed by atoms with E-state index in [1.165, 1.54) is 24.5 Å². The molecule has 428 valence electrons. The van der Waals surface area contributed by atoms with Gasteiger partial charge >= 0.3 is 26.2 Å². The van der Waals surface area contributed by atoms with E-state index in [1.807, 2.05) is 62.3 Å². The summed E-state index contributed by atoms with van der Waals surface area (Å²) in [4.78, 5) is 57.3. The summed E-state index contributed by atoms with van der Waals surface area (Å²) in [6, 6.07) is 17.4. The highest BCUT2D eigenvalue weighted by atomic mass is 19.1. The Morgan fingerprint density at radius 3 is 1.65 bits per heavy atom. The number of benzene rings is 4. The third-order valence-corrected chi connectivity index (χ3v) is 16.3. The van der Waals surface area contributed by atoms with E-state index in [-0.39, 0.29) is 60.2 Å². The average molecular weight is 1120 g/mol. The first-order chi connectivity index (χ1) is 38.7. The number of hydrogen-bond acceptors (Lipinski definition) is 15. The number of halogens is 2. The van der Waals surface area contributed by atoms with Crippen LogP contribution in [0.5, 0.6) is 11.5 Å². The number of carboxylic acids is 2. The van der Waals surface area contributed by atoms with Gasteiger partial charge in [-0.1, -0.05) is 32.5 Å². The third-order valence-electron chi connectivity index (χ3n) is 16.3. The van der Waals surface area contributed by atoms with Gasteiger partial charge in [0, 0.05) is 113 Å². The number of piperazine rings is 2. The van der Waals surface area contributed by atoms with Crippen LogP contribution in [0.2, 0.25) is 0 Å². The Kier molecular flexibility index (Phi) is 17.2. The highest BCUT2D eigenvalue weighted by molar-refractivity contribution is 6.63. The predicted molar refractivity (Wildman–Crippen MR) is 306 cm³/mol. The molecule has 2 atom stereocenters. The topological polar surface area (TPSA) is 235 Å². The molecular formula is C58H69B2F2N7O12. The first kappa shape index (κ1) is 57.4. The first-order valence-electron chi connectivity index (χ1n) is 27.8. The molecule has 0 amide bonds. The van der Waals surface area contributed by atoms with Gasteiger partial charge in [-0.3, -0.25) is 19.4 Å². The Labute approximate surface area is 468 Å². The molecule has 81 heavy (non-hydrogen) atoms. The zero-order chi connectivity index (χ0) is 55.9. The Bertz CT molecular complexity index is 3460. The molecule has 0 bridgehead atoms. The summed E-state index contributed by atoms with van der Waals surface area (Å²) < 4.78 is 57.1. The fourth-order valence-corrected chi connectivity index (χ4v) is 11.7. The van der Waals surface area contributed by atoms with Gasteiger partial charge in [-0.25, -0.2) is 18.4 Å². The van der Waals surface area contributed by atoms with Crippen LogP contribution in [0.15, 0.2) is 82.6 Å². The summed E-state index contributed by atoms with van der Waals surface area (Å²) in [6.45, 7) is 10.6. The van der Waals surface area contributed by atoms with Gasteiger partial charge in [0.15, 0.2) is 0 Å². The average Bonchev–Trinajstić information content (AvgIpc) is 4.54. The van der Waals surface area contributed by atoms with Gasteiger partial charge in [0.05, 0.1) is 47.8 Å². The number of nitrogens with zero attached hydrogens (tertiary/aromatic N) is 6. The van der Waals surface area contributed by atoms with Crippen molar-refractivity contribution in [2.45, 2.75) is 83.6 Å². The molecule has 0 radical (unpaired) electrons. The van der Waals surface area contributed by atoms with Gasteiger partial charge in [-0.15, -0.1) is 0 Å². The second kappa shape index (κ2) is 24.3. The van der Waals surface area contributed by atoms with E-state index in [1.54, 1.807) is 12.1 Å². The largest absolute Gasteiger partial charge is 0.495 e. The van der Waals surface area contributed by atoms with Crippen LogP contribution in [-0.2, 0) is 9.31 Å². The van der Waals surface area contributed by atoms with Crippen LogP contribution in [0.4, 0.5) is 20.2 Å². The van der Waals surface area contributed by atoms with Crippen molar-refractivity contribution in [3.8, 4) is 11.5 Å². The quantitative estimate of drug-likeness (QED) is 0.0560. The second-order valence-corrected chi connectivity index (χ2v) is 21.5. The molecule has 2 saturated carbocycles. The van der Waals surface area contributed by atoms with Crippen LogP contribution in [0.1, 0.15) is 115 Å². The minimum atomic E-state index is -1.30. The molecule has 2 aromatic heterocycles. The third kappa shape index (κ3) is 11.9. The van der Waals surface area contributed by atoms with Crippen molar-refractivity contribution in [1.82, 2.24) is 18.9 Å². The molecule has 0 spiro atoms. The number of anilines is 2. The Morgan fingerprint density at radius 2 is 1.17 bits per heavy atom. The summed E-state index contributed by atoms with van der Waals surface area (Å²) in [6.07, 6.45) is 8.45. The summed E-state index contributed by atoms with van der Waals surface area (Å²) in [5.41, 5.74) is 9.14. The van der Waals surface area contributed by atoms with Crippen molar-refractivity contribution < 1.29 is 57.4 Å². The van der Waals surface area contributed by atoms with Crippen LogP contribution >= 0.6 is 0 Å². The maximum Gasteiger partial charge on any atom is 0.495 e. The Morgan fingerprint density at radius 1 is 0.667 bits per heavy atom. The zero-order valence-electron chi connectivity index (χ0n) is 44.6. The Hall–Kier alpha value is -6.85. The van der Waals surface area contributed by atoms with Gasteiger partial charge in [-0.2, -0.15) is 0 Å². The highest BCUT2D eigenvalue weighted by Gasteiger charge is 2.38. The summed E-state index contributed by atoms with van der Waals surface area (Å²) in [5, 5.41) is 39.6. The van der Waals surface area contributed by atoms with Crippen LogP contribution in [0.25, 0.3) is 21.8 Å². The number of rotatable bonds is 18. The standard InChI is InChI=1S/C29H33BFN3O6.C28H32BFN4O6.CH4/c1-2-27-20-7-6-19(14-23(20)30(38)40-27)39-13-3-8-32-9-11-33(12-10-32)26-16-25-21(15-24(26)31)28(35)22(29(36)37)17-34(25)18-4-5-18;30-21-13-19-22(34(17-5-6-17)16-20(27(19)35)28(36)37)14-23(21)33-10-8-32(9-11-33)7-2-12-39-24-4-1-3-18-25(15-31)40-29(38)26(18)24;/h6-7,14-18,27,38H,2-5,8-13H2,1H3,(H,36,37);1,3-4,13-14,16-17,25,38H,2,5-12,15,31H2,(H,36,37);1H4. The van der Waals surface area contributed by atoms with Crippen molar-refractivity contribution in [3.63, 3.8) is 0 Å². The summed E-state index contributed by atoms with van der Waals surface area (Å²) >= 11 is 0. The molecule has 6 aromatic rings. The van der Waals surface area contributed by atoms with Crippen LogP contribution in [0.3, 0.4) is 0 Å². The van der Waals surface area contributed by atoms with E-state index in [0.717, 1.165) is 107 Å². The molecule has 6 heterocycles. The predicted octanol–water partition coefficient (Wildman–Crippen LogP) is 5.05. The smallest absolute Gasteiger partial charge is 0.494 e. The lowest BCUT2D eigenvalue weighted by atomic mass is 9.78. The molecule has 12 rings (SSSR count). The van der Waals surface area contributed by atoms with Gasteiger partial charge in [0.1, 0.15) is 34.3 Å². The van der Waals surface area contributed by atoms with E-state index in [4.69, 9.17) is 24.5 Å². The number of aromatic carboxylic acids is 2. The van der Waals surface area contributed by atoms with Crippen molar-refractivity contribution >= 4 is 70.3 Å². The van der Waals surface area contributed by atoms with Crippen molar-refractivity contribution in [2.75, 3.05) is 95.0 Å². The molecule has 2 aliphatic carbocycles. The van der Waals surface area contributed by atoms with E-state index in [0.29, 0.717) is 73.0 Å². The van der Waals surface area contributed by atoms with Crippen LogP contribution in [0, 0.1) is 11.6 Å². The number of hydrogen-bond donors (Lipinski definition) is 5. The molecule has 23 heteroatoms. The second-order valence-electron chi connectivity index (χ2n) is 21.5. The lowest BCUT2D eigenvalue weighted by Gasteiger charge is -2.36. The van der Waals surface area contributed by atoms with E-state index in [2.05, 4.69) is 9.80 Å². The number of pyridine rings is 2. The van der Waals surface area contributed by atoms with E-state index < -0.39 is 48.7 Å². The number of carbonyl (C=O) groups is 2. The number of aromatic nitrogens is 2. The fourth-order valence-electron chi connectivity index (χ4n) is 11.7. The minimum Gasteiger partial charge on any atom is -0.494 e. The molecule has 4 aliphatic heterocycles. The number of nitrogens with two attached hydrogens (primary N) is 1. The number of ether oxygens (including phenoxy) is 2. The van der Waals surface area contributed by atoms with Crippen LogP contribution in [-0.4, -0.2) is 151 Å². The summed E-state index contributed by atoms with van der Waals surface area (Å²) in [5.74, 6) is -2.29. The van der Waals surface area contributed by atoms with E-state index >= 15 is 8.78 Å². The van der Waals surface area contributed by atoms with E-state index in [9.17, 15) is 39.4 Å². The molecule has 6 N–H and O–H groups in total. The number of fused-ring (bicyclic) bond motifs is 4. The normalized spacial score (nSPS) is 19.1. The molecule has 19 nitrogen and oxygen atoms in total. The maximum atomic E-state index is 15.2. The van der Waals surface area contributed by atoms with Crippen LogP contribution < -0.4 is 46.8 Å². The first-order valence-corrected chi connectivity index (χ1v) is 27.8. The number of carboxylic acid groups (broad SMARTS) is 2. The monoisotopic (exact) mass is 1120 g/mol. The van der Waals surface area contributed by atoms with Gasteiger partial charge < -0.3 is 63.7 Å². The maximum absolute atomic E-state index is 15.2. The molecule has 4 aromatic carbocycles. The highest BCUT2D eigenvalue weighted by Crippen LogP contribution is 2.40. The molecular weight excluding hydrogens is 1050 g/mol. The molecule has 4 fully saturated rings. The van der Waals surface area contributed by atoms with Crippen molar-refractivity contribution in [1.29, 1.82) is 0 Å².